The van der Waals surface area contributed by atoms with Crippen molar-refractivity contribution in [3.63, 3.8) is 0 Å². The minimum Gasteiger partial charge on any atom is -0.398 e. The summed E-state index contributed by atoms with van der Waals surface area (Å²) >= 11 is 0. The number of anilines is 1. The average molecular weight is 272 g/mol. The highest BCUT2D eigenvalue weighted by Gasteiger charge is 2.19. The summed E-state index contributed by atoms with van der Waals surface area (Å²) in [5, 5.41) is 9.02. The molecule has 0 saturated carbocycles. The van der Waals surface area contributed by atoms with Gasteiger partial charge in [-0.25, -0.2) is 13.1 Å². The number of aliphatic hydroxyl groups is 1. The van der Waals surface area contributed by atoms with Crippen molar-refractivity contribution < 1.29 is 13.5 Å². The first kappa shape index (κ1) is 14.9. The van der Waals surface area contributed by atoms with Crippen LogP contribution in [0.25, 0.3) is 0 Å². The standard InChI is InChI=1S/C12H20N2O3S/c1-3-9-5-6-11(7-12(9)13)18(16,17)14-10(4-2)8-15/h5-7,10,14-15H,3-4,8,13H2,1-2H3/t10-/m0/s1. The monoisotopic (exact) mass is 272 g/mol. The van der Waals surface area contributed by atoms with Gasteiger partial charge in [0, 0.05) is 11.7 Å². The molecular formula is C12H20N2O3S. The second kappa shape index (κ2) is 6.17. The largest absolute Gasteiger partial charge is 0.398 e. The zero-order valence-corrected chi connectivity index (χ0v) is 11.5. The third-order valence-corrected chi connectivity index (χ3v) is 4.36. The van der Waals surface area contributed by atoms with Crippen LogP contribution in [0.15, 0.2) is 23.1 Å². The molecule has 1 aromatic carbocycles. The molecule has 102 valence electrons. The minimum atomic E-state index is -3.62. The molecule has 5 nitrogen and oxygen atoms in total. The van der Waals surface area contributed by atoms with Crippen LogP contribution < -0.4 is 10.5 Å². The van der Waals surface area contributed by atoms with Crippen molar-refractivity contribution in [2.45, 2.75) is 37.6 Å². The van der Waals surface area contributed by atoms with Crippen molar-refractivity contribution in [3.05, 3.63) is 23.8 Å². The molecule has 0 amide bonds. The van der Waals surface area contributed by atoms with E-state index in [1.807, 2.05) is 6.92 Å². The molecule has 0 aliphatic carbocycles. The summed E-state index contributed by atoms with van der Waals surface area (Å²) in [4.78, 5) is 0.129. The van der Waals surface area contributed by atoms with Gasteiger partial charge in [-0.1, -0.05) is 19.9 Å². The molecule has 0 aliphatic heterocycles. The maximum absolute atomic E-state index is 12.0. The minimum absolute atomic E-state index is 0.129. The van der Waals surface area contributed by atoms with E-state index in [9.17, 15) is 8.42 Å². The Hall–Kier alpha value is -1.11. The van der Waals surface area contributed by atoms with E-state index in [2.05, 4.69) is 4.72 Å². The molecule has 0 fully saturated rings. The molecule has 0 heterocycles. The summed E-state index contributed by atoms with van der Waals surface area (Å²) in [7, 11) is -3.62. The van der Waals surface area contributed by atoms with E-state index in [-0.39, 0.29) is 11.5 Å². The van der Waals surface area contributed by atoms with Gasteiger partial charge in [0.25, 0.3) is 0 Å². The average Bonchev–Trinajstić information content (AvgIpc) is 2.35. The number of aryl methyl sites for hydroxylation is 1. The lowest BCUT2D eigenvalue weighted by atomic mass is 10.1. The number of hydrogen-bond donors (Lipinski definition) is 3. The molecule has 1 atom stereocenters. The third kappa shape index (κ3) is 3.44. The SMILES string of the molecule is CCc1ccc(S(=O)(=O)N[C@@H](CC)CO)cc1N. The Labute approximate surface area is 108 Å². The maximum Gasteiger partial charge on any atom is 0.240 e. The summed E-state index contributed by atoms with van der Waals surface area (Å²) in [6, 6.07) is 4.22. The van der Waals surface area contributed by atoms with Crippen LogP contribution in [0.4, 0.5) is 5.69 Å². The second-order valence-corrected chi connectivity index (χ2v) is 5.84. The van der Waals surface area contributed by atoms with Gasteiger partial charge >= 0.3 is 0 Å². The molecule has 0 aromatic heterocycles. The summed E-state index contributed by atoms with van der Waals surface area (Å²) in [6.07, 6.45) is 1.28. The molecule has 0 radical (unpaired) electrons. The van der Waals surface area contributed by atoms with Gasteiger partial charge in [0.05, 0.1) is 11.5 Å². The van der Waals surface area contributed by atoms with Gasteiger partial charge in [0.15, 0.2) is 0 Å². The van der Waals surface area contributed by atoms with Gasteiger partial charge in [0.1, 0.15) is 0 Å². The number of nitrogens with two attached hydrogens (primary N) is 1. The smallest absolute Gasteiger partial charge is 0.240 e. The predicted octanol–water partition coefficient (Wildman–Crippen LogP) is 0.880. The molecule has 0 spiro atoms. The first-order valence-electron chi connectivity index (χ1n) is 5.96. The first-order chi connectivity index (χ1) is 8.44. The van der Waals surface area contributed by atoms with Crippen molar-refractivity contribution in [1.82, 2.24) is 4.72 Å². The Morgan fingerprint density at radius 2 is 2.06 bits per heavy atom. The summed E-state index contributed by atoms with van der Waals surface area (Å²) < 4.78 is 26.5. The van der Waals surface area contributed by atoms with Crippen LogP contribution in [0, 0.1) is 0 Å². The van der Waals surface area contributed by atoms with Crippen LogP contribution in [0.5, 0.6) is 0 Å². The Morgan fingerprint density at radius 1 is 1.39 bits per heavy atom. The normalized spacial score (nSPS) is 13.5. The van der Waals surface area contributed by atoms with E-state index in [4.69, 9.17) is 10.8 Å². The fourth-order valence-electron chi connectivity index (χ4n) is 1.60. The molecular weight excluding hydrogens is 252 g/mol. The Morgan fingerprint density at radius 3 is 2.50 bits per heavy atom. The van der Waals surface area contributed by atoms with Gasteiger partial charge in [-0.3, -0.25) is 0 Å². The lowest BCUT2D eigenvalue weighted by Crippen LogP contribution is -2.36. The third-order valence-electron chi connectivity index (χ3n) is 2.84. The van der Waals surface area contributed by atoms with E-state index in [0.29, 0.717) is 12.1 Å². The van der Waals surface area contributed by atoms with E-state index < -0.39 is 16.1 Å². The molecule has 0 aliphatic rings. The van der Waals surface area contributed by atoms with Gasteiger partial charge in [-0.05, 0) is 30.5 Å². The maximum atomic E-state index is 12.0. The van der Waals surface area contributed by atoms with Crippen molar-refractivity contribution in [2.24, 2.45) is 0 Å². The fourth-order valence-corrected chi connectivity index (χ4v) is 2.94. The molecule has 4 N–H and O–H groups in total. The zero-order chi connectivity index (χ0) is 13.8. The fraction of sp³-hybridized carbons (Fsp3) is 0.500. The van der Waals surface area contributed by atoms with Crippen LogP contribution in [-0.2, 0) is 16.4 Å². The van der Waals surface area contributed by atoms with Crippen molar-refractivity contribution >= 4 is 15.7 Å². The number of nitrogen functional groups attached to an aromatic ring is 1. The van der Waals surface area contributed by atoms with Gasteiger partial charge in [-0.2, -0.15) is 0 Å². The molecule has 0 bridgehead atoms. The van der Waals surface area contributed by atoms with Crippen molar-refractivity contribution in [3.8, 4) is 0 Å². The summed E-state index contributed by atoms with van der Waals surface area (Å²) in [5.41, 5.74) is 7.17. The lowest BCUT2D eigenvalue weighted by Gasteiger charge is -2.15. The number of rotatable bonds is 6. The van der Waals surface area contributed by atoms with Crippen LogP contribution in [-0.4, -0.2) is 26.2 Å². The first-order valence-corrected chi connectivity index (χ1v) is 7.44. The number of nitrogens with one attached hydrogen (secondary N) is 1. The second-order valence-electron chi connectivity index (χ2n) is 4.12. The Balaban J connectivity index is 3.02. The quantitative estimate of drug-likeness (QED) is 0.670. The molecule has 1 aromatic rings. The van der Waals surface area contributed by atoms with Crippen LogP contribution >= 0.6 is 0 Å². The Bertz CT molecular complexity index is 496. The van der Waals surface area contributed by atoms with Gasteiger partial charge in [-0.15, -0.1) is 0 Å². The van der Waals surface area contributed by atoms with Crippen LogP contribution in [0.2, 0.25) is 0 Å². The van der Waals surface area contributed by atoms with E-state index in [1.54, 1.807) is 13.0 Å². The van der Waals surface area contributed by atoms with Crippen LogP contribution in [0.1, 0.15) is 25.8 Å². The number of hydrogen-bond acceptors (Lipinski definition) is 4. The topological polar surface area (TPSA) is 92.4 Å². The van der Waals surface area contributed by atoms with E-state index in [0.717, 1.165) is 12.0 Å². The highest BCUT2D eigenvalue weighted by Crippen LogP contribution is 2.18. The molecule has 0 saturated heterocycles. The number of aliphatic hydroxyl groups excluding tert-OH is 1. The Kier molecular flexibility index (Phi) is 5.13. The number of sulfonamides is 1. The van der Waals surface area contributed by atoms with E-state index in [1.165, 1.54) is 12.1 Å². The number of benzene rings is 1. The van der Waals surface area contributed by atoms with Gasteiger partial charge in [0.2, 0.25) is 10.0 Å². The zero-order valence-electron chi connectivity index (χ0n) is 10.7. The molecule has 18 heavy (non-hydrogen) atoms. The predicted molar refractivity (Wildman–Crippen MR) is 71.7 cm³/mol. The molecule has 6 heteroatoms. The van der Waals surface area contributed by atoms with Crippen molar-refractivity contribution in [2.75, 3.05) is 12.3 Å². The summed E-state index contributed by atoms with van der Waals surface area (Å²) in [6.45, 7) is 3.53. The molecule has 0 unspecified atom stereocenters. The van der Waals surface area contributed by atoms with Crippen molar-refractivity contribution in [1.29, 1.82) is 0 Å². The summed E-state index contributed by atoms with van der Waals surface area (Å²) in [5.74, 6) is 0. The highest BCUT2D eigenvalue weighted by molar-refractivity contribution is 7.89. The lowest BCUT2D eigenvalue weighted by molar-refractivity contribution is 0.254. The van der Waals surface area contributed by atoms with Gasteiger partial charge < -0.3 is 10.8 Å². The van der Waals surface area contributed by atoms with E-state index >= 15 is 0 Å². The molecule has 1 rings (SSSR count). The highest BCUT2D eigenvalue weighted by atomic mass is 32.2. The van der Waals surface area contributed by atoms with Crippen LogP contribution in [0.3, 0.4) is 0 Å².